The van der Waals surface area contributed by atoms with Gasteiger partial charge in [-0.25, -0.2) is 9.97 Å². The highest BCUT2D eigenvalue weighted by Gasteiger charge is 2.23. The van der Waals surface area contributed by atoms with Crippen molar-refractivity contribution in [2.75, 3.05) is 23.7 Å². The van der Waals surface area contributed by atoms with E-state index >= 15 is 0 Å². The number of nitrogen functional groups attached to an aromatic ring is 1. The van der Waals surface area contributed by atoms with E-state index in [0.29, 0.717) is 11.7 Å². The van der Waals surface area contributed by atoms with Gasteiger partial charge in [-0.3, -0.25) is 0 Å². The van der Waals surface area contributed by atoms with Crippen LogP contribution in [0.4, 0.5) is 11.6 Å². The summed E-state index contributed by atoms with van der Waals surface area (Å²) in [6.07, 6.45) is 5.41. The number of rotatable bonds is 3. The third kappa shape index (κ3) is 3.22. The highest BCUT2D eigenvalue weighted by atomic mass is 15.2. The monoisotopic (exact) mass is 276 g/mol. The highest BCUT2D eigenvalue weighted by molar-refractivity contribution is 5.58. The normalized spacial score (nSPS) is 20.5. The van der Waals surface area contributed by atoms with Crippen molar-refractivity contribution in [2.24, 2.45) is 11.8 Å². The molecule has 1 atom stereocenters. The van der Waals surface area contributed by atoms with Crippen molar-refractivity contribution in [3.8, 4) is 0 Å². The summed E-state index contributed by atoms with van der Waals surface area (Å²) in [6, 6.07) is 0. The summed E-state index contributed by atoms with van der Waals surface area (Å²) >= 11 is 0. The summed E-state index contributed by atoms with van der Waals surface area (Å²) in [7, 11) is 0. The lowest BCUT2D eigenvalue weighted by molar-refractivity contribution is 0.351. The quantitative estimate of drug-likeness (QED) is 0.918. The Morgan fingerprint density at radius 1 is 1.15 bits per heavy atom. The maximum atomic E-state index is 6.07. The van der Waals surface area contributed by atoms with Gasteiger partial charge in [0.1, 0.15) is 18.0 Å². The van der Waals surface area contributed by atoms with Gasteiger partial charge in [-0.15, -0.1) is 0 Å². The van der Waals surface area contributed by atoms with Crippen molar-refractivity contribution < 1.29 is 0 Å². The van der Waals surface area contributed by atoms with Gasteiger partial charge in [0.2, 0.25) is 0 Å². The second-order valence-electron chi connectivity index (χ2n) is 6.57. The van der Waals surface area contributed by atoms with Crippen LogP contribution in [-0.2, 0) is 0 Å². The number of hydrogen-bond donors (Lipinski definition) is 1. The van der Waals surface area contributed by atoms with Gasteiger partial charge in [0, 0.05) is 18.7 Å². The van der Waals surface area contributed by atoms with E-state index in [9.17, 15) is 0 Å². The topological polar surface area (TPSA) is 55.0 Å². The van der Waals surface area contributed by atoms with Crippen LogP contribution in [0.3, 0.4) is 0 Å². The first-order chi connectivity index (χ1) is 9.50. The van der Waals surface area contributed by atoms with E-state index in [-0.39, 0.29) is 0 Å². The third-order valence-electron chi connectivity index (χ3n) is 4.49. The molecule has 0 radical (unpaired) electrons. The summed E-state index contributed by atoms with van der Waals surface area (Å²) in [5, 5.41) is 0. The molecule has 112 valence electrons. The Morgan fingerprint density at radius 2 is 1.90 bits per heavy atom. The molecule has 0 saturated carbocycles. The van der Waals surface area contributed by atoms with Gasteiger partial charge in [0.15, 0.2) is 0 Å². The van der Waals surface area contributed by atoms with Crippen LogP contribution in [0.2, 0.25) is 0 Å². The summed E-state index contributed by atoms with van der Waals surface area (Å²) in [5.74, 6) is 3.65. The molecule has 1 aliphatic rings. The lowest BCUT2D eigenvalue weighted by Crippen LogP contribution is -2.27. The van der Waals surface area contributed by atoms with Gasteiger partial charge in [0.05, 0.1) is 0 Å². The van der Waals surface area contributed by atoms with Crippen LogP contribution in [0, 0.1) is 11.8 Å². The molecule has 0 spiro atoms. The first kappa shape index (κ1) is 15.1. The zero-order valence-corrected chi connectivity index (χ0v) is 13.3. The Hall–Kier alpha value is -1.32. The minimum absolute atomic E-state index is 0.357. The standard InChI is InChI=1S/C16H28N4/c1-11(2)13-6-5-8-20(9-7-13)16-14(12(3)4)15(17)18-10-19-16/h10-13H,5-9H2,1-4H3,(H2,17,18,19). The smallest absolute Gasteiger partial charge is 0.137 e. The summed E-state index contributed by atoms with van der Waals surface area (Å²) in [5.41, 5.74) is 7.17. The van der Waals surface area contributed by atoms with Crippen LogP contribution < -0.4 is 10.6 Å². The van der Waals surface area contributed by atoms with Gasteiger partial charge >= 0.3 is 0 Å². The SMILES string of the molecule is CC(C)c1c(N)ncnc1N1CCCC(C(C)C)CC1. The van der Waals surface area contributed by atoms with Crippen LogP contribution >= 0.6 is 0 Å². The number of hydrogen-bond acceptors (Lipinski definition) is 4. The molecule has 1 aromatic rings. The molecule has 0 amide bonds. The van der Waals surface area contributed by atoms with Gasteiger partial charge < -0.3 is 10.6 Å². The number of anilines is 2. The molecular formula is C16H28N4. The molecule has 0 aliphatic carbocycles. The Balaban J connectivity index is 2.22. The fourth-order valence-electron chi connectivity index (χ4n) is 3.21. The van der Waals surface area contributed by atoms with E-state index < -0.39 is 0 Å². The summed E-state index contributed by atoms with van der Waals surface area (Å²) in [4.78, 5) is 11.1. The predicted molar refractivity (Wildman–Crippen MR) is 84.9 cm³/mol. The fourth-order valence-corrected chi connectivity index (χ4v) is 3.21. The zero-order valence-electron chi connectivity index (χ0n) is 13.3. The molecular weight excluding hydrogens is 248 g/mol. The lowest BCUT2D eigenvalue weighted by Gasteiger charge is -2.26. The predicted octanol–water partition coefficient (Wildman–Crippen LogP) is 3.44. The van der Waals surface area contributed by atoms with Crippen molar-refractivity contribution in [3.05, 3.63) is 11.9 Å². The Kier molecular flexibility index (Phi) is 4.84. The molecule has 2 N–H and O–H groups in total. The van der Waals surface area contributed by atoms with E-state index in [1.54, 1.807) is 6.33 Å². The Bertz CT molecular complexity index is 442. The number of nitrogens with zero attached hydrogens (tertiary/aromatic N) is 3. The maximum absolute atomic E-state index is 6.07. The number of aromatic nitrogens is 2. The van der Waals surface area contributed by atoms with Crippen molar-refractivity contribution in [2.45, 2.75) is 52.9 Å². The zero-order chi connectivity index (χ0) is 14.7. The van der Waals surface area contributed by atoms with Crippen LogP contribution in [0.25, 0.3) is 0 Å². The Labute approximate surface area is 122 Å². The second kappa shape index (κ2) is 6.42. The molecule has 1 unspecified atom stereocenters. The molecule has 20 heavy (non-hydrogen) atoms. The molecule has 1 aromatic heterocycles. The first-order valence-corrected chi connectivity index (χ1v) is 7.86. The minimum atomic E-state index is 0.357. The van der Waals surface area contributed by atoms with Crippen LogP contribution in [0.1, 0.15) is 58.4 Å². The first-order valence-electron chi connectivity index (χ1n) is 7.86. The van der Waals surface area contributed by atoms with Crippen LogP contribution in [-0.4, -0.2) is 23.1 Å². The molecule has 0 aromatic carbocycles. The van der Waals surface area contributed by atoms with E-state index in [4.69, 9.17) is 5.73 Å². The van der Waals surface area contributed by atoms with E-state index in [0.717, 1.165) is 36.3 Å². The summed E-state index contributed by atoms with van der Waals surface area (Å²) < 4.78 is 0. The van der Waals surface area contributed by atoms with Crippen LogP contribution in [0.5, 0.6) is 0 Å². The van der Waals surface area contributed by atoms with E-state index in [2.05, 4.69) is 42.6 Å². The van der Waals surface area contributed by atoms with Gasteiger partial charge in [0.25, 0.3) is 0 Å². The molecule has 2 heterocycles. The molecule has 0 bridgehead atoms. The molecule has 1 fully saturated rings. The third-order valence-corrected chi connectivity index (χ3v) is 4.49. The van der Waals surface area contributed by atoms with Gasteiger partial charge in [-0.2, -0.15) is 0 Å². The lowest BCUT2D eigenvalue weighted by atomic mass is 9.89. The largest absolute Gasteiger partial charge is 0.383 e. The van der Waals surface area contributed by atoms with Crippen molar-refractivity contribution in [1.82, 2.24) is 9.97 Å². The van der Waals surface area contributed by atoms with E-state index in [1.165, 1.54) is 19.3 Å². The van der Waals surface area contributed by atoms with Crippen molar-refractivity contribution in [3.63, 3.8) is 0 Å². The van der Waals surface area contributed by atoms with Gasteiger partial charge in [-0.05, 0) is 37.0 Å². The molecule has 4 heteroatoms. The minimum Gasteiger partial charge on any atom is -0.383 e. The molecule has 4 nitrogen and oxygen atoms in total. The average molecular weight is 276 g/mol. The molecule has 1 aliphatic heterocycles. The Morgan fingerprint density at radius 3 is 2.55 bits per heavy atom. The van der Waals surface area contributed by atoms with Crippen LogP contribution in [0.15, 0.2) is 6.33 Å². The maximum Gasteiger partial charge on any atom is 0.137 e. The second-order valence-corrected chi connectivity index (χ2v) is 6.57. The van der Waals surface area contributed by atoms with Crippen molar-refractivity contribution in [1.29, 1.82) is 0 Å². The number of nitrogens with two attached hydrogens (primary N) is 1. The highest BCUT2D eigenvalue weighted by Crippen LogP contribution is 2.32. The van der Waals surface area contributed by atoms with Gasteiger partial charge in [-0.1, -0.05) is 27.7 Å². The summed E-state index contributed by atoms with van der Waals surface area (Å²) in [6.45, 7) is 11.2. The average Bonchev–Trinajstić information content (AvgIpc) is 2.63. The fraction of sp³-hybridized carbons (Fsp3) is 0.750. The van der Waals surface area contributed by atoms with E-state index in [1.807, 2.05) is 0 Å². The van der Waals surface area contributed by atoms with Crippen molar-refractivity contribution >= 4 is 11.6 Å². The molecule has 2 rings (SSSR count). The molecule has 1 saturated heterocycles.